The molecule has 7 unspecified atom stereocenters. The Morgan fingerprint density at radius 1 is 1.12 bits per heavy atom. The summed E-state index contributed by atoms with van der Waals surface area (Å²) >= 11 is 0. The topological polar surface area (TPSA) is 127 Å². The predicted octanol–water partition coefficient (Wildman–Crippen LogP) is 4.18. The van der Waals surface area contributed by atoms with E-state index < -0.39 is 28.8 Å². The summed E-state index contributed by atoms with van der Waals surface area (Å²) in [6, 6.07) is 10.0. The van der Waals surface area contributed by atoms with E-state index in [1.807, 2.05) is 12.1 Å². The number of aliphatic imine (C=N–C) groups is 1. The average Bonchev–Trinajstić information content (AvgIpc) is 3.46. The van der Waals surface area contributed by atoms with E-state index in [-0.39, 0.29) is 30.1 Å². The number of guanidine groups is 1. The SMILES string of the molecule is C=C(Cc1cc2ccccc2[nH]1)C12CC#CC(NC(N)=NC)CC3(O)C(O)CC(C3C1)C(O)(C1CCCCC1)CC2. The van der Waals surface area contributed by atoms with Gasteiger partial charge in [-0.1, -0.05) is 55.5 Å². The molecule has 1 aromatic heterocycles. The summed E-state index contributed by atoms with van der Waals surface area (Å²) in [4.78, 5) is 7.62. The van der Waals surface area contributed by atoms with Gasteiger partial charge in [0.2, 0.25) is 0 Å². The Bertz CT molecular complexity index is 1350. The number of rotatable bonds is 5. The van der Waals surface area contributed by atoms with Crippen LogP contribution >= 0.6 is 0 Å². The van der Waals surface area contributed by atoms with E-state index in [0.29, 0.717) is 32.1 Å². The number of H-pyrrole nitrogens is 1. The van der Waals surface area contributed by atoms with Crippen molar-refractivity contribution in [3.8, 4) is 11.8 Å². The third-order valence-corrected chi connectivity index (χ3v) is 11.3. The van der Waals surface area contributed by atoms with E-state index in [2.05, 4.69) is 51.9 Å². The zero-order valence-electron chi connectivity index (χ0n) is 24.3. The smallest absolute Gasteiger partial charge is 0.189 e. The number of benzene rings is 1. The fourth-order valence-electron chi connectivity index (χ4n) is 8.92. The molecule has 2 bridgehead atoms. The lowest BCUT2D eigenvalue weighted by Crippen LogP contribution is -2.53. The molecule has 0 aliphatic heterocycles. The van der Waals surface area contributed by atoms with Crippen molar-refractivity contribution in [2.75, 3.05) is 7.05 Å². The summed E-state index contributed by atoms with van der Waals surface area (Å²) in [6.07, 6.45) is 8.47. The number of hydrogen-bond acceptors (Lipinski definition) is 4. The highest BCUT2D eigenvalue weighted by Gasteiger charge is 2.64. The number of nitrogens with two attached hydrogens (primary N) is 1. The first-order chi connectivity index (χ1) is 19.7. The first kappa shape index (κ1) is 28.3. The van der Waals surface area contributed by atoms with Crippen LogP contribution in [0.2, 0.25) is 0 Å². The molecule has 3 fully saturated rings. The number of aromatic amines is 1. The number of allylic oxidation sites excluding steroid dienone is 1. The number of aliphatic hydroxyl groups excluding tert-OH is 1. The summed E-state index contributed by atoms with van der Waals surface area (Å²) in [5, 5.41) is 41.0. The first-order valence-corrected chi connectivity index (χ1v) is 15.5. The lowest BCUT2D eigenvalue weighted by molar-refractivity contribution is -0.122. The summed E-state index contributed by atoms with van der Waals surface area (Å²) in [5.74, 6) is 6.74. The second kappa shape index (κ2) is 10.8. The molecule has 4 aliphatic rings. The molecule has 1 aromatic carbocycles. The minimum Gasteiger partial charge on any atom is -0.390 e. The van der Waals surface area contributed by atoms with Crippen molar-refractivity contribution >= 4 is 16.9 Å². The summed E-state index contributed by atoms with van der Waals surface area (Å²) in [5.41, 5.74) is 6.59. The lowest BCUT2D eigenvalue weighted by Gasteiger charge is -2.45. The molecule has 2 aromatic rings. The molecule has 220 valence electrons. The zero-order valence-corrected chi connectivity index (χ0v) is 24.3. The van der Waals surface area contributed by atoms with E-state index in [9.17, 15) is 15.3 Å². The van der Waals surface area contributed by atoms with Crippen LogP contribution in [0, 0.1) is 35.0 Å². The van der Waals surface area contributed by atoms with Crippen molar-refractivity contribution in [3.05, 3.63) is 48.2 Å². The van der Waals surface area contributed by atoms with Crippen molar-refractivity contribution in [2.24, 2.45) is 33.9 Å². The number of nitrogens with zero attached hydrogens (tertiary/aromatic N) is 1. The Balaban J connectivity index is 1.42. The molecule has 0 saturated heterocycles. The molecule has 7 nitrogen and oxygen atoms in total. The molecule has 1 heterocycles. The molecule has 0 radical (unpaired) electrons. The van der Waals surface area contributed by atoms with Crippen LogP contribution in [0.25, 0.3) is 10.9 Å². The second-order valence-corrected chi connectivity index (χ2v) is 13.4. The number of aliphatic hydroxyl groups is 3. The Kier molecular flexibility index (Phi) is 7.46. The molecule has 41 heavy (non-hydrogen) atoms. The van der Waals surface area contributed by atoms with Gasteiger partial charge in [0.1, 0.15) is 0 Å². The second-order valence-electron chi connectivity index (χ2n) is 13.4. The van der Waals surface area contributed by atoms with E-state index in [4.69, 9.17) is 5.73 Å². The molecule has 0 amide bonds. The van der Waals surface area contributed by atoms with Crippen LogP contribution in [0.15, 0.2) is 47.5 Å². The van der Waals surface area contributed by atoms with E-state index in [1.165, 1.54) is 11.8 Å². The van der Waals surface area contributed by atoms with Crippen LogP contribution in [0.4, 0.5) is 0 Å². The largest absolute Gasteiger partial charge is 0.390 e. The van der Waals surface area contributed by atoms with Gasteiger partial charge in [0.05, 0.1) is 23.3 Å². The molecular formula is C34H46N4O3. The van der Waals surface area contributed by atoms with Gasteiger partial charge in [-0.15, -0.1) is 5.92 Å². The Hall–Kier alpha value is -2.79. The third kappa shape index (κ3) is 4.98. The van der Waals surface area contributed by atoms with Gasteiger partial charge in [-0.2, -0.15) is 0 Å². The van der Waals surface area contributed by atoms with Crippen molar-refractivity contribution in [1.29, 1.82) is 0 Å². The standard InChI is InChI=1S/C34H46N4O3/c1-22(17-26-18-23-9-6-7-13-29(23)37-26)32-14-8-12-25(38-31(35)36-2)20-34(41)28(21-32)27(19-30(34)39)33(40,16-15-32)24-10-4-3-5-11-24/h6-7,9,13,18,24-25,27-28,30,37,39-41H,1,3-5,10-11,14-17,19-21H2,2H3,(H3,35,36,38). The maximum absolute atomic E-state index is 12.7. The van der Waals surface area contributed by atoms with Gasteiger partial charge in [0, 0.05) is 42.9 Å². The highest BCUT2D eigenvalue weighted by atomic mass is 16.3. The summed E-state index contributed by atoms with van der Waals surface area (Å²) < 4.78 is 0. The first-order valence-electron chi connectivity index (χ1n) is 15.5. The molecular weight excluding hydrogens is 512 g/mol. The molecule has 7 atom stereocenters. The van der Waals surface area contributed by atoms with Crippen LogP contribution in [-0.2, 0) is 6.42 Å². The molecule has 6 rings (SSSR count). The monoisotopic (exact) mass is 558 g/mol. The number of nitrogens with one attached hydrogen (secondary N) is 2. The van der Waals surface area contributed by atoms with Crippen molar-refractivity contribution in [3.63, 3.8) is 0 Å². The Labute approximate surface area is 243 Å². The van der Waals surface area contributed by atoms with Gasteiger partial charge in [-0.25, -0.2) is 0 Å². The molecule has 0 spiro atoms. The lowest BCUT2D eigenvalue weighted by atomic mass is 9.64. The number of para-hydroxylation sites is 1. The van der Waals surface area contributed by atoms with Crippen LogP contribution in [0.3, 0.4) is 0 Å². The molecule has 7 heteroatoms. The summed E-state index contributed by atoms with van der Waals surface area (Å²) in [6.45, 7) is 4.68. The third-order valence-electron chi connectivity index (χ3n) is 11.3. The average molecular weight is 559 g/mol. The van der Waals surface area contributed by atoms with Crippen molar-refractivity contribution in [2.45, 2.75) is 100 Å². The Morgan fingerprint density at radius 3 is 2.66 bits per heavy atom. The van der Waals surface area contributed by atoms with E-state index in [1.54, 1.807) is 7.05 Å². The molecule has 7 N–H and O–H groups in total. The van der Waals surface area contributed by atoms with Crippen LogP contribution in [0.5, 0.6) is 0 Å². The number of hydrogen-bond donors (Lipinski definition) is 6. The predicted molar refractivity (Wildman–Crippen MR) is 163 cm³/mol. The van der Waals surface area contributed by atoms with Gasteiger partial charge >= 0.3 is 0 Å². The van der Waals surface area contributed by atoms with Crippen molar-refractivity contribution in [1.82, 2.24) is 10.3 Å². The highest BCUT2D eigenvalue weighted by molar-refractivity contribution is 5.80. The number of aromatic nitrogens is 1. The minimum absolute atomic E-state index is 0.182. The van der Waals surface area contributed by atoms with E-state index in [0.717, 1.165) is 48.9 Å². The summed E-state index contributed by atoms with van der Waals surface area (Å²) in [7, 11) is 1.62. The van der Waals surface area contributed by atoms with Gasteiger partial charge in [0.25, 0.3) is 0 Å². The fourth-order valence-corrected chi connectivity index (χ4v) is 8.92. The van der Waals surface area contributed by atoms with Crippen LogP contribution in [-0.4, -0.2) is 56.7 Å². The molecule has 3 saturated carbocycles. The maximum Gasteiger partial charge on any atom is 0.189 e. The van der Waals surface area contributed by atoms with Gasteiger partial charge < -0.3 is 31.4 Å². The number of fused-ring (bicyclic) bond motifs is 2. The molecule has 4 aliphatic carbocycles. The van der Waals surface area contributed by atoms with Gasteiger partial charge in [0.15, 0.2) is 5.96 Å². The quantitative estimate of drug-likeness (QED) is 0.142. The minimum atomic E-state index is -1.41. The highest BCUT2D eigenvalue weighted by Crippen LogP contribution is 2.61. The van der Waals surface area contributed by atoms with E-state index >= 15 is 0 Å². The van der Waals surface area contributed by atoms with Crippen LogP contribution < -0.4 is 11.1 Å². The zero-order chi connectivity index (χ0) is 28.8. The Morgan fingerprint density at radius 2 is 1.90 bits per heavy atom. The van der Waals surface area contributed by atoms with Gasteiger partial charge in [-0.05, 0) is 73.8 Å². The van der Waals surface area contributed by atoms with Crippen molar-refractivity contribution < 1.29 is 15.3 Å². The van der Waals surface area contributed by atoms with Gasteiger partial charge in [-0.3, -0.25) is 4.99 Å². The fraction of sp³-hybridized carbons (Fsp3) is 0.618. The maximum atomic E-state index is 12.7. The van der Waals surface area contributed by atoms with Crippen LogP contribution in [0.1, 0.15) is 76.3 Å². The normalized spacial score (nSPS) is 37.8.